The second-order valence-electron chi connectivity index (χ2n) is 4.19. The quantitative estimate of drug-likeness (QED) is 0.820. The third-order valence-corrected chi connectivity index (χ3v) is 3.29. The number of aliphatic hydroxyl groups is 1. The Morgan fingerprint density at radius 3 is 2.30 bits per heavy atom. The fourth-order valence-electron chi connectivity index (χ4n) is 1.67. The van der Waals surface area contributed by atoms with Crippen molar-refractivity contribution in [2.24, 2.45) is 0 Å². The van der Waals surface area contributed by atoms with E-state index in [9.17, 15) is 5.11 Å². The third-order valence-electron chi connectivity index (χ3n) is 2.67. The molecule has 0 saturated heterocycles. The first-order valence-electron chi connectivity index (χ1n) is 6.19. The molecule has 0 heterocycles. The molecule has 0 atom stereocenters. The topological polar surface area (TPSA) is 49.7 Å². The predicted molar refractivity (Wildman–Crippen MR) is 83.8 cm³/mol. The Hall–Kier alpha value is -1.78. The maximum atomic E-state index is 9.22. The van der Waals surface area contributed by atoms with Gasteiger partial charge in [-0.15, -0.1) is 0 Å². The van der Waals surface area contributed by atoms with E-state index in [-0.39, 0.29) is 19.0 Å². The molecule has 2 rings (SSSR count). The lowest BCUT2D eigenvalue weighted by atomic mass is 10.1. The van der Waals surface area contributed by atoms with Gasteiger partial charge in [-0.2, -0.15) is 0 Å². The van der Waals surface area contributed by atoms with Crippen LogP contribution in [0.15, 0.2) is 46.9 Å². The van der Waals surface area contributed by atoms with Gasteiger partial charge < -0.3 is 14.9 Å². The summed E-state index contributed by atoms with van der Waals surface area (Å²) in [6.45, 7) is 0.274. The number of phenols is 1. The molecule has 2 N–H and O–H groups in total. The summed E-state index contributed by atoms with van der Waals surface area (Å²) in [6.07, 6.45) is 3.95. The van der Waals surface area contributed by atoms with Crippen molar-refractivity contribution in [3.63, 3.8) is 0 Å². The highest BCUT2D eigenvalue weighted by atomic mass is 79.9. The van der Waals surface area contributed by atoms with E-state index in [2.05, 4.69) is 15.9 Å². The van der Waals surface area contributed by atoms with Gasteiger partial charge in [0.2, 0.25) is 0 Å². The number of hydrogen-bond acceptors (Lipinski definition) is 3. The summed E-state index contributed by atoms with van der Waals surface area (Å²) in [6, 6.07) is 12.7. The Morgan fingerprint density at radius 1 is 1.00 bits per heavy atom. The molecule has 0 aromatic heterocycles. The van der Waals surface area contributed by atoms with Crippen molar-refractivity contribution in [2.45, 2.75) is 0 Å². The first-order chi connectivity index (χ1) is 9.69. The Balaban J connectivity index is 2.09. The molecular weight excluding hydrogens is 320 g/mol. The van der Waals surface area contributed by atoms with Crippen molar-refractivity contribution < 1.29 is 14.9 Å². The molecule has 0 aliphatic rings. The van der Waals surface area contributed by atoms with Gasteiger partial charge in [0.1, 0.15) is 18.1 Å². The van der Waals surface area contributed by atoms with Crippen molar-refractivity contribution in [2.75, 3.05) is 13.2 Å². The highest BCUT2D eigenvalue weighted by molar-refractivity contribution is 9.10. The van der Waals surface area contributed by atoms with Gasteiger partial charge in [-0.1, -0.05) is 30.4 Å². The van der Waals surface area contributed by atoms with Crippen LogP contribution in [0.2, 0.25) is 0 Å². The molecule has 0 bridgehead atoms. The van der Waals surface area contributed by atoms with E-state index >= 15 is 0 Å². The van der Waals surface area contributed by atoms with E-state index in [1.165, 1.54) is 0 Å². The van der Waals surface area contributed by atoms with Crippen LogP contribution in [0.5, 0.6) is 11.5 Å². The summed E-state index contributed by atoms with van der Waals surface area (Å²) in [4.78, 5) is 0. The van der Waals surface area contributed by atoms with Crippen LogP contribution in [0.3, 0.4) is 0 Å². The largest absolute Gasteiger partial charge is 0.508 e. The van der Waals surface area contributed by atoms with Crippen LogP contribution in [0.1, 0.15) is 11.1 Å². The minimum atomic E-state index is -0.00501. The Bertz CT molecular complexity index is 591. The second-order valence-corrected chi connectivity index (χ2v) is 5.04. The highest BCUT2D eigenvalue weighted by Gasteiger charge is 2.01. The molecule has 0 aliphatic carbocycles. The van der Waals surface area contributed by atoms with Crippen LogP contribution in [0.25, 0.3) is 12.2 Å². The van der Waals surface area contributed by atoms with Gasteiger partial charge in [0.05, 0.1) is 11.1 Å². The van der Waals surface area contributed by atoms with E-state index in [0.29, 0.717) is 5.75 Å². The van der Waals surface area contributed by atoms with Gasteiger partial charge in [0.15, 0.2) is 0 Å². The van der Waals surface area contributed by atoms with Crippen molar-refractivity contribution in [3.8, 4) is 11.5 Å². The van der Waals surface area contributed by atoms with E-state index in [4.69, 9.17) is 9.84 Å². The predicted octanol–water partition coefficient (Wildman–Crippen LogP) is 3.70. The smallest absolute Gasteiger partial charge is 0.133 e. The molecule has 0 fully saturated rings. The summed E-state index contributed by atoms with van der Waals surface area (Å²) < 4.78 is 6.21. The molecule has 2 aromatic carbocycles. The molecule has 2 aromatic rings. The molecular formula is C16H15BrO3. The van der Waals surface area contributed by atoms with Crippen LogP contribution in [0.4, 0.5) is 0 Å². The van der Waals surface area contributed by atoms with Gasteiger partial charge in [-0.05, 0) is 51.3 Å². The van der Waals surface area contributed by atoms with E-state index in [1.807, 2.05) is 42.5 Å². The summed E-state index contributed by atoms with van der Waals surface area (Å²) >= 11 is 3.44. The third kappa shape index (κ3) is 4.11. The zero-order valence-corrected chi connectivity index (χ0v) is 12.4. The van der Waals surface area contributed by atoms with E-state index in [0.717, 1.165) is 15.6 Å². The molecule has 0 aliphatic heterocycles. The van der Waals surface area contributed by atoms with Crippen LogP contribution >= 0.6 is 15.9 Å². The molecule has 3 nitrogen and oxygen atoms in total. The highest BCUT2D eigenvalue weighted by Crippen LogP contribution is 2.26. The number of phenolic OH excluding ortho intramolecular Hbond substituents is 1. The molecule has 0 amide bonds. The van der Waals surface area contributed by atoms with Crippen LogP contribution in [-0.4, -0.2) is 23.4 Å². The molecule has 0 saturated carbocycles. The van der Waals surface area contributed by atoms with Crippen molar-refractivity contribution in [1.82, 2.24) is 0 Å². The molecule has 0 spiro atoms. The molecule has 0 radical (unpaired) electrons. The lowest BCUT2D eigenvalue weighted by Gasteiger charge is -2.07. The standard InChI is InChI=1S/C16H15BrO3/c17-15-11-13(5-8-16(15)20-10-9-18)2-1-12-3-6-14(19)7-4-12/h1-8,11,18-19H,9-10H2/b2-1+. The van der Waals surface area contributed by atoms with Crippen LogP contribution in [-0.2, 0) is 0 Å². The van der Waals surface area contributed by atoms with Crippen LogP contribution < -0.4 is 4.74 Å². The summed E-state index contributed by atoms with van der Waals surface area (Å²) in [7, 11) is 0. The van der Waals surface area contributed by atoms with E-state index < -0.39 is 0 Å². The average molecular weight is 335 g/mol. The molecule has 20 heavy (non-hydrogen) atoms. The Labute approximate surface area is 126 Å². The fourth-order valence-corrected chi connectivity index (χ4v) is 2.18. The number of hydrogen-bond donors (Lipinski definition) is 2. The number of benzene rings is 2. The van der Waals surface area contributed by atoms with Crippen LogP contribution in [0, 0.1) is 0 Å². The van der Waals surface area contributed by atoms with Crippen molar-refractivity contribution in [3.05, 3.63) is 58.1 Å². The number of rotatable bonds is 5. The van der Waals surface area contributed by atoms with Gasteiger partial charge in [0, 0.05) is 0 Å². The molecule has 0 unspecified atom stereocenters. The summed E-state index contributed by atoms with van der Waals surface area (Å²) in [5, 5.41) is 18.0. The van der Waals surface area contributed by atoms with Gasteiger partial charge in [-0.3, -0.25) is 0 Å². The summed E-state index contributed by atoms with van der Waals surface area (Å²) in [5.74, 6) is 0.969. The zero-order valence-electron chi connectivity index (χ0n) is 10.8. The summed E-state index contributed by atoms with van der Waals surface area (Å²) in [5.41, 5.74) is 2.04. The second kappa shape index (κ2) is 7.12. The zero-order chi connectivity index (χ0) is 14.4. The van der Waals surface area contributed by atoms with Crippen molar-refractivity contribution >= 4 is 28.1 Å². The van der Waals surface area contributed by atoms with Gasteiger partial charge in [0.25, 0.3) is 0 Å². The number of aromatic hydroxyl groups is 1. The lowest BCUT2D eigenvalue weighted by molar-refractivity contribution is 0.200. The van der Waals surface area contributed by atoms with Gasteiger partial charge >= 0.3 is 0 Å². The maximum Gasteiger partial charge on any atom is 0.133 e. The minimum absolute atomic E-state index is 0.00501. The minimum Gasteiger partial charge on any atom is -0.508 e. The maximum absolute atomic E-state index is 9.22. The molecule has 104 valence electrons. The first-order valence-corrected chi connectivity index (χ1v) is 6.98. The molecule has 4 heteroatoms. The number of aliphatic hydroxyl groups excluding tert-OH is 1. The monoisotopic (exact) mass is 334 g/mol. The SMILES string of the molecule is OCCOc1ccc(/C=C/c2ccc(O)cc2)cc1Br. The van der Waals surface area contributed by atoms with Crippen molar-refractivity contribution in [1.29, 1.82) is 0 Å². The average Bonchev–Trinajstić information content (AvgIpc) is 2.46. The number of halogens is 1. The fraction of sp³-hybridized carbons (Fsp3) is 0.125. The number of ether oxygens (including phenoxy) is 1. The first kappa shape index (κ1) is 14.6. The Kier molecular flexibility index (Phi) is 5.21. The Morgan fingerprint density at radius 2 is 1.65 bits per heavy atom. The van der Waals surface area contributed by atoms with E-state index in [1.54, 1.807) is 12.1 Å². The normalized spacial score (nSPS) is 10.9. The van der Waals surface area contributed by atoms with Gasteiger partial charge in [-0.25, -0.2) is 0 Å². The lowest BCUT2D eigenvalue weighted by Crippen LogP contribution is -2.01.